The van der Waals surface area contributed by atoms with Crippen molar-refractivity contribution >= 4 is 79.4 Å². The Morgan fingerprint density at radius 3 is 1.14 bits per heavy atom. The third kappa shape index (κ3) is 19.5. The molecule has 2 N–H and O–H groups in total. The van der Waals surface area contributed by atoms with E-state index in [2.05, 4.69) is 87.1 Å². The zero-order chi connectivity index (χ0) is 76.7. The van der Waals surface area contributed by atoms with Gasteiger partial charge in [-0.25, -0.2) is 24.5 Å². The van der Waals surface area contributed by atoms with Gasteiger partial charge in [-0.2, -0.15) is 15.3 Å². The predicted octanol–water partition coefficient (Wildman–Crippen LogP) is 13.6. The monoisotopic (exact) mass is 1480 g/mol. The van der Waals surface area contributed by atoms with Crippen molar-refractivity contribution in [1.82, 2.24) is 74.8 Å². The van der Waals surface area contributed by atoms with Crippen LogP contribution in [-0.4, -0.2) is 184 Å². The molecular weight excluding hydrogens is 1390 g/mol. The van der Waals surface area contributed by atoms with Crippen LogP contribution >= 0.6 is 0 Å². The number of ether oxygens (including phenoxy) is 8. The number of aryl methyl sites for hydroxylation is 3. The number of rotatable bonds is 22. The molecule has 0 spiro atoms. The molecule has 109 heavy (non-hydrogen) atoms. The molecule has 0 bridgehead atoms. The third-order valence-corrected chi connectivity index (χ3v) is 18.8. The van der Waals surface area contributed by atoms with Gasteiger partial charge in [-0.1, -0.05) is 0 Å². The number of nitrogens with zero attached hydrogens (tertiary/aromatic N) is 16. The first kappa shape index (κ1) is 76.3. The number of hydrogen-bond donors (Lipinski definition) is 2. The van der Waals surface area contributed by atoms with E-state index in [0.717, 1.165) is 164 Å². The summed E-state index contributed by atoms with van der Waals surface area (Å²) in [6.45, 7) is 11.3. The van der Waals surface area contributed by atoms with E-state index < -0.39 is 11.7 Å². The van der Waals surface area contributed by atoms with E-state index in [-0.39, 0.29) is 12.7 Å². The summed E-state index contributed by atoms with van der Waals surface area (Å²) in [6.07, 6.45) is 19.7. The molecule has 2 amide bonds. The first-order valence-corrected chi connectivity index (χ1v) is 36.1. The third-order valence-electron chi connectivity index (χ3n) is 18.8. The number of fused-ring (bicyclic) bond motifs is 3. The molecule has 2 fully saturated rings. The maximum Gasteiger partial charge on any atom is 0.410 e. The number of nitrogens with one attached hydrogen (secondary N) is 2. The zero-order valence-corrected chi connectivity index (χ0v) is 64.0. The minimum absolute atomic E-state index is 0.165. The second-order valence-electron chi connectivity index (χ2n) is 27.6. The average Bonchev–Trinajstić information content (AvgIpc) is 1.33. The lowest BCUT2D eigenvalue weighted by atomic mass is 9.95. The molecule has 28 heteroatoms. The van der Waals surface area contributed by atoms with Crippen LogP contribution in [0.2, 0.25) is 0 Å². The van der Waals surface area contributed by atoms with Gasteiger partial charge in [-0.3, -0.25) is 29.0 Å². The van der Waals surface area contributed by atoms with E-state index in [1.165, 1.54) is 7.05 Å². The Morgan fingerprint density at radius 1 is 0.459 bits per heavy atom. The van der Waals surface area contributed by atoms with Crippen molar-refractivity contribution in [2.75, 3.05) is 117 Å². The minimum atomic E-state index is -0.508. The van der Waals surface area contributed by atoms with Gasteiger partial charge in [0, 0.05) is 178 Å². The number of aromatic nitrogens is 12. The van der Waals surface area contributed by atoms with Gasteiger partial charge in [0.25, 0.3) is 0 Å². The van der Waals surface area contributed by atoms with Gasteiger partial charge in [0.2, 0.25) is 0 Å². The number of likely N-dealkylation sites (tertiary alicyclic amines) is 1. The van der Waals surface area contributed by atoms with Gasteiger partial charge in [-0.15, -0.1) is 0 Å². The summed E-state index contributed by atoms with van der Waals surface area (Å²) < 4.78 is 49.3. The molecule has 568 valence electrons. The van der Waals surface area contributed by atoms with Crippen LogP contribution in [0.5, 0.6) is 34.5 Å². The topological polar surface area (TPSA) is 276 Å². The Hall–Kier alpha value is -12.3. The molecule has 2 saturated heterocycles. The molecule has 8 heterocycles. The second kappa shape index (κ2) is 34.9. The van der Waals surface area contributed by atoms with Gasteiger partial charge in [0.1, 0.15) is 46.7 Å². The van der Waals surface area contributed by atoms with Crippen LogP contribution in [0.1, 0.15) is 46.5 Å². The molecular formula is C81H94N18O10. The standard InChI is InChI=1S/C31H38N6O4.C26H30N6O2.C24H26N6O4/c1-31(2,3)41-30(38)36-11-9-21(10-12-36)19-37(24-13-25(39-5)16-26(14-24)40-6)23-7-8-27-28(15-23)34-29(18-32-27)22-17-33-35(4)20-22;1-31-17-19(14-29-31)26-15-28-24-5-4-20(12-25(24)30-26)32(16-18-6-8-27-9-7-18)21-10-22(33-2)13-23(11-21)34-3;1-25-24(31)34-8-7-30(18-9-19(32-3)12-20(10-18)33-4)17-5-6-21-22(11-17)28-23(14-26-21)16-13-27-29(2)15-16/h7-8,13-18,20-21H,9-12,19H2,1-6H3;4-5,10-15,17-18,27H,6-9,16H2,1-3H3;5-6,9-15H,7-8H2,1-4H3,(H,25,31). The van der Waals surface area contributed by atoms with Gasteiger partial charge in [0.15, 0.2) is 0 Å². The van der Waals surface area contributed by atoms with Crippen LogP contribution < -0.4 is 53.8 Å². The van der Waals surface area contributed by atoms with Gasteiger partial charge in [0.05, 0.1) is 137 Å². The Bertz CT molecular complexity index is 5040. The Labute approximate surface area is 633 Å². The summed E-state index contributed by atoms with van der Waals surface area (Å²) in [5.41, 5.74) is 15.1. The molecule has 0 aliphatic carbocycles. The van der Waals surface area contributed by atoms with Crippen molar-refractivity contribution in [3.8, 4) is 68.3 Å². The Morgan fingerprint density at radius 2 is 0.807 bits per heavy atom. The highest BCUT2D eigenvalue weighted by Gasteiger charge is 2.30. The number of benzene rings is 6. The first-order chi connectivity index (χ1) is 52.7. The molecule has 0 atom stereocenters. The fraction of sp³-hybridized carbons (Fsp3) is 0.346. The van der Waals surface area contributed by atoms with Crippen LogP contribution in [0.15, 0.2) is 165 Å². The summed E-state index contributed by atoms with van der Waals surface area (Å²) in [7, 11) is 17.0. The quantitative estimate of drug-likeness (QED) is 0.0638. The number of carbonyl (C=O) groups excluding carboxylic acids is 2. The Kier molecular flexibility index (Phi) is 24.5. The van der Waals surface area contributed by atoms with E-state index in [1.54, 1.807) is 93.8 Å². The molecule has 12 aromatic rings. The summed E-state index contributed by atoms with van der Waals surface area (Å²) in [4.78, 5) is 61.1. The van der Waals surface area contributed by atoms with E-state index in [4.69, 9.17) is 52.8 Å². The SMILES string of the molecule is CNC(=O)OCCN(c1cc(OC)cc(OC)c1)c1ccc2ncc(-c3cnn(C)c3)nc2c1.COc1cc(OC)cc(N(CC2CCN(C(=O)OC(C)(C)C)CC2)c2ccc3ncc(-c4cnn(C)c4)nc3c2)c1.COc1cc(OC)cc(N(CC2CCNCC2)c2ccc3ncc(-c4cnn(C)c4)nc3c2)c1. The molecule has 6 aromatic heterocycles. The van der Waals surface area contributed by atoms with Crippen molar-refractivity contribution < 1.29 is 47.5 Å². The molecule has 6 aromatic carbocycles. The van der Waals surface area contributed by atoms with Crippen molar-refractivity contribution in [2.45, 2.75) is 52.1 Å². The fourth-order valence-corrected chi connectivity index (χ4v) is 13.1. The smallest absolute Gasteiger partial charge is 0.410 e. The van der Waals surface area contributed by atoms with Crippen molar-refractivity contribution in [2.24, 2.45) is 33.0 Å². The van der Waals surface area contributed by atoms with E-state index in [9.17, 15) is 9.59 Å². The molecule has 2 aliphatic heterocycles. The number of alkyl carbamates (subject to hydrolysis) is 1. The number of amides is 2. The highest BCUT2D eigenvalue weighted by molar-refractivity contribution is 5.86. The molecule has 0 saturated carbocycles. The van der Waals surface area contributed by atoms with Crippen molar-refractivity contribution in [1.29, 1.82) is 0 Å². The fourth-order valence-electron chi connectivity index (χ4n) is 13.1. The predicted molar refractivity (Wildman–Crippen MR) is 421 cm³/mol. The highest BCUT2D eigenvalue weighted by Crippen LogP contribution is 2.40. The highest BCUT2D eigenvalue weighted by atomic mass is 16.6. The number of hydrogen-bond acceptors (Lipinski definition) is 23. The molecule has 2 aliphatic rings. The normalized spacial score (nSPS) is 13.2. The molecule has 28 nitrogen and oxygen atoms in total. The van der Waals surface area contributed by atoms with Gasteiger partial charge in [-0.05, 0) is 126 Å². The van der Waals surface area contributed by atoms with Crippen LogP contribution in [-0.2, 0) is 30.6 Å². The van der Waals surface area contributed by atoms with Crippen LogP contribution in [0.3, 0.4) is 0 Å². The second-order valence-corrected chi connectivity index (χ2v) is 27.6. The summed E-state index contributed by atoms with van der Waals surface area (Å²) in [5, 5.41) is 18.7. The summed E-state index contributed by atoms with van der Waals surface area (Å²) in [6, 6.07) is 35.7. The van der Waals surface area contributed by atoms with Crippen molar-refractivity contribution in [3.63, 3.8) is 0 Å². The zero-order valence-electron chi connectivity index (χ0n) is 64.0. The lowest BCUT2D eigenvalue weighted by molar-refractivity contribution is 0.0186. The lowest BCUT2D eigenvalue weighted by Gasteiger charge is -2.36. The lowest BCUT2D eigenvalue weighted by Crippen LogP contribution is -2.43. The molecule has 0 radical (unpaired) electrons. The number of carbonyl (C=O) groups is 2. The van der Waals surface area contributed by atoms with Gasteiger partial charge >= 0.3 is 12.2 Å². The van der Waals surface area contributed by atoms with E-state index >= 15 is 0 Å². The average molecular weight is 1480 g/mol. The first-order valence-electron chi connectivity index (χ1n) is 36.1. The number of anilines is 6. The Balaban J connectivity index is 0.000000153. The minimum Gasteiger partial charge on any atom is -0.497 e. The number of methoxy groups -OCH3 is 6. The van der Waals surface area contributed by atoms with E-state index in [1.807, 2.05) is 143 Å². The van der Waals surface area contributed by atoms with Crippen LogP contribution in [0, 0.1) is 11.8 Å². The number of piperidine rings is 2. The molecule has 14 rings (SSSR count). The summed E-state index contributed by atoms with van der Waals surface area (Å²) in [5.74, 6) is 5.19. The maximum absolute atomic E-state index is 12.6. The summed E-state index contributed by atoms with van der Waals surface area (Å²) >= 11 is 0. The largest absolute Gasteiger partial charge is 0.497 e. The van der Waals surface area contributed by atoms with E-state index in [0.29, 0.717) is 54.5 Å². The van der Waals surface area contributed by atoms with Crippen LogP contribution in [0.4, 0.5) is 43.7 Å². The molecule has 0 unspecified atom stereocenters. The van der Waals surface area contributed by atoms with Crippen molar-refractivity contribution in [3.05, 3.63) is 165 Å². The maximum atomic E-state index is 12.6. The van der Waals surface area contributed by atoms with Gasteiger partial charge < -0.3 is 68.1 Å². The van der Waals surface area contributed by atoms with Crippen LogP contribution in [0.25, 0.3) is 66.9 Å².